The summed E-state index contributed by atoms with van der Waals surface area (Å²) in [5.74, 6) is 0.455. The predicted molar refractivity (Wildman–Crippen MR) is 61.3 cm³/mol. The lowest BCUT2D eigenvalue weighted by Gasteiger charge is -2.20. The molecule has 0 aliphatic heterocycles. The van der Waals surface area contributed by atoms with E-state index in [1.165, 1.54) is 0 Å². The summed E-state index contributed by atoms with van der Waals surface area (Å²) >= 11 is 0. The molecule has 16 heavy (non-hydrogen) atoms. The maximum atomic E-state index is 10.7. The molecule has 0 aliphatic carbocycles. The van der Waals surface area contributed by atoms with Gasteiger partial charge in [-0.3, -0.25) is 4.79 Å². The van der Waals surface area contributed by atoms with E-state index in [9.17, 15) is 4.79 Å². The predicted octanol–water partition coefficient (Wildman–Crippen LogP) is 2.48. The van der Waals surface area contributed by atoms with Crippen molar-refractivity contribution < 1.29 is 9.53 Å². The van der Waals surface area contributed by atoms with Gasteiger partial charge in [0.15, 0.2) is 11.9 Å². The Bertz CT molecular complexity index is 430. The number of hydrogen-bond acceptors (Lipinski definition) is 3. The van der Waals surface area contributed by atoms with Crippen LogP contribution in [0.15, 0.2) is 18.2 Å². The van der Waals surface area contributed by atoms with Gasteiger partial charge in [0.25, 0.3) is 0 Å². The summed E-state index contributed by atoms with van der Waals surface area (Å²) in [6.45, 7) is 5.34. The molecule has 0 radical (unpaired) electrons. The van der Waals surface area contributed by atoms with Gasteiger partial charge in [-0.05, 0) is 38.0 Å². The molecule has 0 N–H and O–H groups in total. The van der Waals surface area contributed by atoms with Crippen LogP contribution in [0.5, 0.6) is 5.75 Å². The van der Waals surface area contributed by atoms with Crippen molar-refractivity contribution in [2.24, 2.45) is 0 Å². The lowest BCUT2D eigenvalue weighted by atomic mass is 10.1. The molecule has 0 bridgehead atoms. The van der Waals surface area contributed by atoms with Crippen molar-refractivity contribution in [3.05, 3.63) is 29.3 Å². The number of carbonyl (C=O) groups is 1. The van der Waals surface area contributed by atoms with E-state index in [-0.39, 0.29) is 0 Å². The smallest absolute Gasteiger partial charge is 0.162 e. The Morgan fingerprint density at radius 1 is 1.50 bits per heavy atom. The van der Waals surface area contributed by atoms with Crippen LogP contribution in [0.3, 0.4) is 0 Å². The van der Waals surface area contributed by atoms with Crippen LogP contribution in [0.25, 0.3) is 0 Å². The minimum absolute atomic E-state index is 0.455. The second kappa shape index (κ2) is 4.80. The molecule has 3 nitrogen and oxygen atoms in total. The second-order valence-corrected chi connectivity index (χ2v) is 4.12. The average molecular weight is 217 g/mol. The topological polar surface area (TPSA) is 50.1 Å². The fraction of sp³-hybridized carbons (Fsp3) is 0.385. The first-order valence-corrected chi connectivity index (χ1v) is 5.20. The van der Waals surface area contributed by atoms with Crippen molar-refractivity contribution >= 4 is 6.29 Å². The molecule has 3 heteroatoms. The minimum atomic E-state index is -0.903. The molecule has 1 aromatic carbocycles. The molecule has 0 saturated carbocycles. The number of hydrogen-bond donors (Lipinski definition) is 0. The van der Waals surface area contributed by atoms with Crippen molar-refractivity contribution in [3.8, 4) is 11.8 Å². The zero-order valence-corrected chi connectivity index (χ0v) is 9.78. The highest BCUT2D eigenvalue weighted by atomic mass is 16.5. The second-order valence-electron chi connectivity index (χ2n) is 4.12. The standard InChI is InChI=1S/C13H15NO2/c1-4-10-5-6-12(11(7-10)8-14)16-13(2,3)9-15/h5-7,9H,4H2,1-3H3. The molecule has 1 rings (SSSR count). The highest BCUT2D eigenvalue weighted by Gasteiger charge is 2.20. The summed E-state index contributed by atoms with van der Waals surface area (Å²) in [6.07, 6.45) is 1.59. The van der Waals surface area contributed by atoms with Gasteiger partial charge in [-0.15, -0.1) is 0 Å². The number of benzene rings is 1. The van der Waals surface area contributed by atoms with Gasteiger partial charge in [-0.1, -0.05) is 13.0 Å². The van der Waals surface area contributed by atoms with Crippen molar-refractivity contribution in [3.63, 3.8) is 0 Å². The van der Waals surface area contributed by atoms with Crippen molar-refractivity contribution in [1.29, 1.82) is 5.26 Å². The fourth-order valence-electron chi connectivity index (χ4n) is 1.28. The molecule has 0 aliphatic rings. The molecule has 0 spiro atoms. The van der Waals surface area contributed by atoms with Crippen molar-refractivity contribution in [2.75, 3.05) is 0 Å². The number of nitriles is 1. The van der Waals surface area contributed by atoms with E-state index >= 15 is 0 Å². The molecule has 0 atom stereocenters. The lowest BCUT2D eigenvalue weighted by molar-refractivity contribution is -0.119. The summed E-state index contributed by atoms with van der Waals surface area (Å²) in [5.41, 5.74) is 0.640. The van der Waals surface area contributed by atoms with Gasteiger partial charge < -0.3 is 4.74 Å². The first-order valence-electron chi connectivity index (χ1n) is 5.20. The van der Waals surface area contributed by atoms with Crippen LogP contribution in [-0.4, -0.2) is 11.9 Å². The van der Waals surface area contributed by atoms with Gasteiger partial charge in [0.2, 0.25) is 0 Å². The van der Waals surface area contributed by atoms with E-state index in [0.717, 1.165) is 18.3 Å². The van der Waals surface area contributed by atoms with E-state index < -0.39 is 5.60 Å². The van der Waals surface area contributed by atoms with Gasteiger partial charge in [0.05, 0.1) is 5.56 Å². The Labute approximate surface area is 95.7 Å². The molecule has 1 aromatic rings. The summed E-state index contributed by atoms with van der Waals surface area (Å²) in [7, 11) is 0. The van der Waals surface area contributed by atoms with E-state index in [2.05, 4.69) is 6.07 Å². The molecule has 0 unspecified atom stereocenters. The minimum Gasteiger partial charge on any atom is -0.479 e. The third-order valence-corrected chi connectivity index (χ3v) is 2.23. The first-order chi connectivity index (χ1) is 7.52. The Morgan fingerprint density at radius 2 is 2.19 bits per heavy atom. The van der Waals surface area contributed by atoms with Crippen LogP contribution in [0.2, 0.25) is 0 Å². The van der Waals surface area contributed by atoms with E-state index in [1.54, 1.807) is 26.0 Å². The number of aryl methyl sites for hydroxylation is 1. The van der Waals surface area contributed by atoms with Crippen LogP contribution in [-0.2, 0) is 11.2 Å². The molecule has 84 valence electrons. The Balaban J connectivity index is 3.06. The van der Waals surface area contributed by atoms with Crippen LogP contribution in [0, 0.1) is 11.3 Å². The van der Waals surface area contributed by atoms with Crippen LogP contribution >= 0.6 is 0 Å². The monoisotopic (exact) mass is 217 g/mol. The summed E-state index contributed by atoms with van der Waals surface area (Å²) in [6, 6.07) is 7.50. The van der Waals surface area contributed by atoms with Gasteiger partial charge in [-0.25, -0.2) is 0 Å². The van der Waals surface area contributed by atoms with Crippen LogP contribution < -0.4 is 4.74 Å². The van der Waals surface area contributed by atoms with Gasteiger partial charge in [0, 0.05) is 0 Å². The van der Waals surface area contributed by atoms with E-state index in [1.807, 2.05) is 13.0 Å². The van der Waals surface area contributed by atoms with Crippen LogP contribution in [0.4, 0.5) is 0 Å². The Hall–Kier alpha value is -1.82. The Kier molecular flexibility index (Phi) is 3.68. The maximum absolute atomic E-state index is 10.7. The van der Waals surface area contributed by atoms with Crippen molar-refractivity contribution in [2.45, 2.75) is 32.8 Å². The molecule has 0 aromatic heterocycles. The molecule has 0 fully saturated rings. The number of carbonyl (C=O) groups excluding carboxylic acids is 1. The molecular weight excluding hydrogens is 202 g/mol. The van der Waals surface area contributed by atoms with E-state index in [4.69, 9.17) is 10.00 Å². The average Bonchev–Trinajstić information content (AvgIpc) is 2.29. The normalized spacial score (nSPS) is 10.6. The number of nitrogens with zero attached hydrogens (tertiary/aromatic N) is 1. The SMILES string of the molecule is CCc1ccc(OC(C)(C)C=O)c(C#N)c1. The molecule has 0 saturated heterocycles. The van der Waals surface area contributed by atoms with Gasteiger partial charge >= 0.3 is 0 Å². The van der Waals surface area contributed by atoms with Crippen molar-refractivity contribution in [1.82, 2.24) is 0 Å². The molecule has 0 amide bonds. The highest BCUT2D eigenvalue weighted by Crippen LogP contribution is 2.23. The maximum Gasteiger partial charge on any atom is 0.162 e. The van der Waals surface area contributed by atoms with Crippen LogP contribution in [0.1, 0.15) is 31.9 Å². The first kappa shape index (κ1) is 12.3. The number of aldehydes is 1. The largest absolute Gasteiger partial charge is 0.479 e. The fourth-order valence-corrected chi connectivity index (χ4v) is 1.28. The van der Waals surface area contributed by atoms with E-state index in [0.29, 0.717) is 11.3 Å². The zero-order chi connectivity index (χ0) is 12.2. The lowest BCUT2D eigenvalue weighted by Crippen LogP contribution is -2.30. The zero-order valence-electron chi connectivity index (χ0n) is 9.78. The third-order valence-electron chi connectivity index (χ3n) is 2.23. The summed E-state index contributed by atoms with van der Waals surface area (Å²) in [4.78, 5) is 10.7. The third kappa shape index (κ3) is 2.83. The highest BCUT2D eigenvalue weighted by molar-refractivity contribution is 5.62. The molecule has 0 heterocycles. The molecular formula is C13H15NO2. The summed E-state index contributed by atoms with van der Waals surface area (Å²) in [5, 5.41) is 8.99. The Morgan fingerprint density at radius 3 is 2.69 bits per heavy atom. The number of ether oxygens (including phenoxy) is 1. The summed E-state index contributed by atoms with van der Waals surface area (Å²) < 4.78 is 5.48. The number of rotatable bonds is 4. The quantitative estimate of drug-likeness (QED) is 0.728. The van der Waals surface area contributed by atoms with Gasteiger partial charge in [-0.2, -0.15) is 5.26 Å². The van der Waals surface area contributed by atoms with Gasteiger partial charge in [0.1, 0.15) is 11.8 Å².